The topological polar surface area (TPSA) is 74.0 Å². The third-order valence-corrected chi connectivity index (χ3v) is 3.79. The number of carbonyl (C=O) groups excluding carboxylic acids is 2. The van der Waals surface area contributed by atoms with E-state index in [-0.39, 0.29) is 11.8 Å². The number of benzene rings is 1. The second kappa shape index (κ2) is 6.86. The Labute approximate surface area is 136 Å². The summed E-state index contributed by atoms with van der Waals surface area (Å²) in [5, 5.41) is 6.79. The normalized spacial score (nSPS) is 12.9. The fourth-order valence-corrected chi connectivity index (χ4v) is 2.29. The van der Waals surface area contributed by atoms with Crippen LogP contribution in [0.4, 0.5) is 0 Å². The van der Waals surface area contributed by atoms with Crippen molar-refractivity contribution in [2.45, 2.75) is 40.2 Å². The summed E-state index contributed by atoms with van der Waals surface area (Å²) in [6, 6.07) is 7.55. The van der Waals surface area contributed by atoms with Crippen molar-refractivity contribution in [1.82, 2.24) is 15.6 Å². The summed E-state index contributed by atoms with van der Waals surface area (Å²) in [6.45, 7) is 7.71. The number of hydrogen-bond acceptors (Lipinski definition) is 2. The van der Waals surface area contributed by atoms with Crippen LogP contribution in [0, 0.1) is 5.41 Å². The smallest absolute Gasteiger partial charge is 0.242 e. The maximum Gasteiger partial charge on any atom is 0.242 e. The first-order valence-electron chi connectivity index (χ1n) is 7.92. The van der Waals surface area contributed by atoms with E-state index in [1.54, 1.807) is 6.92 Å². The fourth-order valence-electron chi connectivity index (χ4n) is 2.29. The molecule has 1 atom stereocenters. The van der Waals surface area contributed by atoms with E-state index in [1.165, 1.54) is 10.9 Å². The number of fused-ring (bicyclic) bond motifs is 1. The van der Waals surface area contributed by atoms with E-state index < -0.39 is 11.5 Å². The molecule has 2 aromatic rings. The molecule has 0 saturated heterocycles. The van der Waals surface area contributed by atoms with Crippen LogP contribution in [0.2, 0.25) is 0 Å². The van der Waals surface area contributed by atoms with Gasteiger partial charge in [0, 0.05) is 29.1 Å². The highest BCUT2D eigenvalue weighted by Gasteiger charge is 2.24. The second-order valence-electron chi connectivity index (χ2n) is 6.85. The zero-order chi connectivity index (χ0) is 17.0. The molecule has 1 aromatic carbocycles. The molecule has 5 nitrogen and oxygen atoms in total. The summed E-state index contributed by atoms with van der Waals surface area (Å²) in [5.74, 6) is -0.292. The fraction of sp³-hybridized carbons (Fsp3) is 0.444. The minimum absolute atomic E-state index is 0.128. The maximum absolute atomic E-state index is 12.1. The summed E-state index contributed by atoms with van der Waals surface area (Å²) >= 11 is 0. The predicted octanol–water partition coefficient (Wildman–Crippen LogP) is 2.38. The third-order valence-electron chi connectivity index (χ3n) is 3.79. The lowest BCUT2D eigenvalue weighted by molar-refractivity contribution is -0.133. The summed E-state index contributed by atoms with van der Waals surface area (Å²) in [4.78, 5) is 27.2. The molecular weight excluding hydrogens is 290 g/mol. The van der Waals surface area contributed by atoms with E-state index in [0.717, 1.165) is 11.9 Å². The van der Waals surface area contributed by atoms with Crippen LogP contribution in [0.5, 0.6) is 0 Å². The van der Waals surface area contributed by atoms with Crippen molar-refractivity contribution in [2.75, 3.05) is 6.54 Å². The molecule has 0 aliphatic heterocycles. The van der Waals surface area contributed by atoms with Gasteiger partial charge in [-0.2, -0.15) is 0 Å². The number of aromatic nitrogens is 1. The molecule has 1 heterocycles. The van der Waals surface area contributed by atoms with Gasteiger partial charge in [0.25, 0.3) is 0 Å². The largest absolute Gasteiger partial charge is 0.361 e. The van der Waals surface area contributed by atoms with Crippen LogP contribution in [0.15, 0.2) is 30.5 Å². The summed E-state index contributed by atoms with van der Waals surface area (Å²) in [7, 11) is 0. The van der Waals surface area contributed by atoms with Gasteiger partial charge < -0.3 is 15.6 Å². The standard InChI is InChI=1S/C18H25N3O2/c1-12(21-17(23)18(2,3)4)16(22)19-10-9-13-11-20-15-8-6-5-7-14(13)15/h5-8,11-12,20H,9-10H2,1-4H3,(H,19,22)(H,21,23). The average Bonchev–Trinajstić information content (AvgIpc) is 2.89. The Balaban J connectivity index is 1.84. The van der Waals surface area contributed by atoms with Crippen molar-refractivity contribution in [3.05, 3.63) is 36.0 Å². The molecule has 0 aliphatic rings. The van der Waals surface area contributed by atoms with Crippen LogP contribution in [0.25, 0.3) is 10.9 Å². The monoisotopic (exact) mass is 315 g/mol. The van der Waals surface area contributed by atoms with Gasteiger partial charge in [0.1, 0.15) is 6.04 Å². The van der Waals surface area contributed by atoms with Gasteiger partial charge in [0.15, 0.2) is 0 Å². The van der Waals surface area contributed by atoms with Crippen molar-refractivity contribution < 1.29 is 9.59 Å². The molecule has 0 radical (unpaired) electrons. The zero-order valence-corrected chi connectivity index (χ0v) is 14.2. The number of aromatic amines is 1. The van der Waals surface area contributed by atoms with Gasteiger partial charge in [-0.3, -0.25) is 9.59 Å². The first kappa shape index (κ1) is 17.1. The van der Waals surface area contributed by atoms with Crippen LogP contribution >= 0.6 is 0 Å². The van der Waals surface area contributed by atoms with Crippen molar-refractivity contribution in [3.63, 3.8) is 0 Å². The van der Waals surface area contributed by atoms with Gasteiger partial charge in [-0.1, -0.05) is 39.0 Å². The highest BCUT2D eigenvalue weighted by atomic mass is 16.2. The first-order valence-corrected chi connectivity index (χ1v) is 7.92. The van der Waals surface area contributed by atoms with Crippen molar-refractivity contribution in [1.29, 1.82) is 0 Å². The molecule has 3 N–H and O–H groups in total. The highest BCUT2D eigenvalue weighted by molar-refractivity contribution is 5.89. The summed E-state index contributed by atoms with van der Waals surface area (Å²) in [5.41, 5.74) is 1.77. The molecule has 0 aliphatic carbocycles. The van der Waals surface area contributed by atoms with E-state index in [1.807, 2.05) is 45.2 Å². The zero-order valence-electron chi connectivity index (χ0n) is 14.2. The van der Waals surface area contributed by atoms with Gasteiger partial charge >= 0.3 is 0 Å². The third kappa shape index (κ3) is 4.34. The number of hydrogen-bond donors (Lipinski definition) is 3. The Kier molecular flexibility index (Phi) is 5.08. The molecule has 0 fully saturated rings. The first-order chi connectivity index (χ1) is 10.8. The molecule has 23 heavy (non-hydrogen) atoms. The van der Waals surface area contributed by atoms with E-state index >= 15 is 0 Å². The number of nitrogens with one attached hydrogen (secondary N) is 3. The highest BCUT2D eigenvalue weighted by Crippen LogP contribution is 2.17. The SMILES string of the molecule is CC(NC(=O)C(C)(C)C)C(=O)NCCc1c[nH]c2ccccc12. The molecular formula is C18H25N3O2. The van der Waals surface area contributed by atoms with Crippen LogP contribution in [-0.4, -0.2) is 29.4 Å². The maximum atomic E-state index is 12.1. The lowest BCUT2D eigenvalue weighted by atomic mass is 9.95. The van der Waals surface area contributed by atoms with Gasteiger partial charge in [0.05, 0.1) is 0 Å². The molecule has 0 bridgehead atoms. The molecule has 1 aromatic heterocycles. The van der Waals surface area contributed by atoms with Crippen LogP contribution in [-0.2, 0) is 16.0 Å². The van der Waals surface area contributed by atoms with E-state index in [2.05, 4.69) is 21.7 Å². The van der Waals surface area contributed by atoms with Gasteiger partial charge in [-0.05, 0) is 25.0 Å². The van der Waals surface area contributed by atoms with E-state index in [0.29, 0.717) is 6.54 Å². The Morgan fingerprint density at radius 1 is 1.22 bits per heavy atom. The molecule has 2 amide bonds. The minimum atomic E-state index is -0.537. The number of amides is 2. The molecule has 1 unspecified atom stereocenters. The Morgan fingerprint density at radius 2 is 1.91 bits per heavy atom. The van der Waals surface area contributed by atoms with Crippen LogP contribution < -0.4 is 10.6 Å². The lowest BCUT2D eigenvalue weighted by Crippen LogP contribution is -2.48. The molecule has 0 saturated carbocycles. The van der Waals surface area contributed by atoms with Gasteiger partial charge in [-0.15, -0.1) is 0 Å². The minimum Gasteiger partial charge on any atom is -0.361 e. The van der Waals surface area contributed by atoms with Crippen LogP contribution in [0.3, 0.4) is 0 Å². The number of H-pyrrole nitrogens is 1. The van der Waals surface area contributed by atoms with Crippen molar-refractivity contribution in [3.8, 4) is 0 Å². The van der Waals surface area contributed by atoms with E-state index in [9.17, 15) is 9.59 Å². The van der Waals surface area contributed by atoms with Crippen molar-refractivity contribution >= 4 is 22.7 Å². The number of para-hydroxylation sites is 1. The van der Waals surface area contributed by atoms with Gasteiger partial charge in [-0.25, -0.2) is 0 Å². The van der Waals surface area contributed by atoms with Crippen LogP contribution in [0.1, 0.15) is 33.3 Å². The second-order valence-corrected chi connectivity index (χ2v) is 6.85. The Morgan fingerprint density at radius 3 is 2.61 bits per heavy atom. The lowest BCUT2D eigenvalue weighted by Gasteiger charge is -2.21. The molecule has 2 rings (SSSR count). The Hall–Kier alpha value is -2.30. The summed E-state index contributed by atoms with van der Waals surface area (Å²) in [6.07, 6.45) is 2.72. The van der Waals surface area contributed by atoms with Gasteiger partial charge in [0.2, 0.25) is 11.8 Å². The average molecular weight is 315 g/mol. The Bertz CT molecular complexity index is 698. The number of rotatable bonds is 5. The quantitative estimate of drug-likeness (QED) is 0.792. The van der Waals surface area contributed by atoms with Crippen molar-refractivity contribution in [2.24, 2.45) is 5.41 Å². The molecule has 0 spiro atoms. The molecule has 5 heteroatoms. The predicted molar refractivity (Wildman–Crippen MR) is 92.1 cm³/mol. The molecule has 124 valence electrons. The van der Waals surface area contributed by atoms with E-state index in [4.69, 9.17) is 0 Å². The summed E-state index contributed by atoms with van der Waals surface area (Å²) < 4.78 is 0. The number of carbonyl (C=O) groups is 2.